The van der Waals surface area contributed by atoms with E-state index in [0.717, 1.165) is 66.7 Å². The molecule has 0 aliphatic heterocycles. The standard InChI is InChI=1S/C52H38N4O/c1-31-13-11-14-32(2)49(31)35-27-42(50-33(3)15-12-16-34(50)4)51-40-25-23-36(29-41(40)52-54-43-18-6-8-20-45(43)56(52)47(51)28-35)57-37-22-24-39-38-17-5-7-19-44(38)55(46(39)30-37)48-21-9-10-26-53-48/h5-30H,1-4H3. The minimum absolute atomic E-state index is 0.747. The van der Waals surface area contributed by atoms with Gasteiger partial charge in [0.2, 0.25) is 0 Å². The molecule has 0 unspecified atom stereocenters. The second-order valence-corrected chi connectivity index (χ2v) is 15.2. The van der Waals surface area contributed by atoms with Gasteiger partial charge in [0, 0.05) is 33.8 Å². The molecule has 0 aliphatic carbocycles. The van der Waals surface area contributed by atoms with Crippen molar-refractivity contribution in [2.45, 2.75) is 27.7 Å². The van der Waals surface area contributed by atoms with E-state index >= 15 is 0 Å². The highest BCUT2D eigenvalue weighted by atomic mass is 16.5. The van der Waals surface area contributed by atoms with E-state index in [1.54, 1.807) is 0 Å². The normalized spacial score (nSPS) is 11.9. The number of ether oxygens (including phenoxy) is 1. The second kappa shape index (κ2) is 12.7. The number of benzene rings is 7. The summed E-state index contributed by atoms with van der Waals surface area (Å²) in [7, 11) is 0. The summed E-state index contributed by atoms with van der Waals surface area (Å²) < 4.78 is 11.4. The molecule has 0 radical (unpaired) electrons. The first-order valence-corrected chi connectivity index (χ1v) is 19.5. The summed E-state index contributed by atoms with van der Waals surface area (Å²) in [4.78, 5) is 10.0. The van der Waals surface area contributed by atoms with E-state index in [1.165, 1.54) is 55.3 Å². The van der Waals surface area contributed by atoms with Gasteiger partial charge in [-0.05, 0) is 150 Å². The molecule has 11 aromatic rings. The molecule has 0 saturated carbocycles. The van der Waals surface area contributed by atoms with Crippen molar-refractivity contribution in [3.05, 3.63) is 180 Å². The van der Waals surface area contributed by atoms with Crippen molar-refractivity contribution in [2.24, 2.45) is 0 Å². The highest BCUT2D eigenvalue weighted by molar-refractivity contribution is 6.20. The number of fused-ring (bicyclic) bond motifs is 11. The highest BCUT2D eigenvalue weighted by Crippen LogP contribution is 2.45. The Bertz CT molecular complexity index is 3390. The summed E-state index contributed by atoms with van der Waals surface area (Å²) in [5, 5.41) is 5.69. The summed E-state index contributed by atoms with van der Waals surface area (Å²) in [6.07, 6.45) is 1.84. The van der Waals surface area contributed by atoms with Gasteiger partial charge in [-0.15, -0.1) is 0 Å². The Morgan fingerprint density at radius 3 is 1.88 bits per heavy atom. The molecule has 5 heteroatoms. The molecule has 272 valence electrons. The third kappa shape index (κ3) is 5.09. The predicted molar refractivity (Wildman–Crippen MR) is 236 cm³/mol. The average molecular weight is 735 g/mol. The number of para-hydroxylation sites is 3. The van der Waals surface area contributed by atoms with Gasteiger partial charge >= 0.3 is 0 Å². The van der Waals surface area contributed by atoms with Crippen molar-refractivity contribution in [1.82, 2.24) is 18.9 Å². The Kier molecular flexibility index (Phi) is 7.35. The van der Waals surface area contributed by atoms with E-state index in [9.17, 15) is 0 Å². The van der Waals surface area contributed by atoms with Crippen LogP contribution in [0.3, 0.4) is 0 Å². The predicted octanol–water partition coefficient (Wildman–Crippen LogP) is 13.6. The van der Waals surface area contributed by atoms with Crippen molar-refractivity contribution < 1.29 is 4.74 Å². The molecule has 57 heavy (non-hydrogen) atoms. The molecule has 4 aromatic heterocycles. The van der Waals surface area contributed by atoms with Crippen LogP contribution in [0.15, 0.2) is 158 Å². The summed E-state index contributed by atoms with van der Waals surface area (Å²) in [5.74, 6) is 2.37. The van der Waals surface area contributed by atoms with Crippen molar-refractivity contribution >= 4 is 60.2 Å². The zero-order valence-electron chi connectivity index (χ0n) is 32.2. The largest absolute Gasteiger partial charge is 0.457 e. The Hall–Kier alpha value is -7.24. The first-order chi connectivity index (χ1) is 27.9. The van der Waals surface area contributed by atoms with Crippen molar-refractivity contribution in [3.63, 3.8) is 0 Å². The fourth-order valence-electron chi connectivity index (χ4n) is 9.26. The summed E-state index contributed by atoms with van der Waals surface area (Å²) in [5.41, 5.74) is 16.2. The lowest BCUT2D eigenvalue weighted by Gasteiger charge is -2.20. The number of aryl methyl sites for hydroxylation is 4. The van der Waals surface area contributed by atoms with Gasteiger partial charge in [-0.1, -0.05) is 72.8 Å². The summed E-state index contributed by atoms with van der Waals surface area (Å²) in [6, 6.07) is 53.8. The second-order valence-electron chi connectivity index (χ2n) is 15.2. The minimum atomic E-state index is 0.747. The number of imidazole rings is 1. The van der Waals surface area contributed by atoms with E-state index in [1.807, 2.05) is 24.4 Å². The molecule has 5 nitrogen and oxygen atoms in total. The number of pyridine rings is 2. The lowest BCUT2D eigenvalue weighted by Crippen LogP contribution is -1.98. The van der Waals surface area contributed by atoms with Crippen LogP contribution in [0.5, 0.6) is 11.5 Å². The lowest BCUT2D eigenvalue weighted by molar-refractivity contribution is 0.484. The van der Waals surface area contributed by atoms with Gasteiger partial charge in [-0.3, -0.25) is 8.97 Å². The molecule has 0 amide bonds. The maximum Gasteiger partial charge on any atom is 0.146 e. The Labute approximate surface area is 330 Å². The van der Waals surface area contributed by atoms with Crippen molar-refractivity contribution in [2.75, 3.05) is 0 Å². The van der Waals surface area contributed by atoms with E-state index in [-0.39, 0.29) is 0 Å². The van der Waals surface area contributed by atoms with Crippen LogP contribution in [-0.2, 0) is 0 Å². The molecule has 0 N–H and O–H groups in total. The zero-order valence-corrected chi connectivity index (χ0v) is 32.2. The summed E-state index contributed by atoms with van der Waals surface area (Å²) >= 11 is 0. The molecule has 0 atom stereocenters. The average Bonchev–Trinajstić information content (AvgIpc) is 3.78. The van der Waals surface area contributed by atoms with Gasteiger partial charge in [0.1, 0.15) is 23.0 Å². The van der Waals surface area contributed by atoms with Gasteiger partial charge in [0.05, 0.1) is 27.6 Å². The van der Waals surface area contributed by atoms with Crippen molar-refractivity contribution in [1.29, 1.82) is 0 Å². The van der Waals surface area contributed by atoms with Crippen LogP contribution in [0.1, 0.15) is 22.3 Å². The number of aromatic nitrogens is 4. The van der Waals surface area contributed by atoms with E-state index in [2.05, 4.69) is 170 Å². The Morgan fingerprint density at radius 2 is 1.12 bits per heavy atom. The van der Waals surface area contributed by atoms with E-state index in [0.29, 0.717) is 0 Å². The van der Waals surface area contributed by atoms with Gasteiger partial charge in [-0.2, -0.15) is 0 Å². The molecule has 11 rings (SSSR count). The van der Waals surface area contributed by atoms with Crippen molar-refractivity contribution in [3.8, 4) is 39.6 Å². The highest BCUT2D eigenvalue weighted by Gasteiger charge is 2.22. The maximum absolute atomic E-state index is 6.80. The van der Waals surface area contributed by atoms with Crippen LogP contribution >= 0.6 is 0 Å². The molecular weight excluding hydrogens is 697 g/mol. The van der Waals surface area contributed by atoms with Crippen LogP contribution in [0.25, 0.3) is 88.2 Å². The zero-order chi connectivity index (χ0) is 38.4. The monoisotopic (exact) mass is 734 g/mol. The molecule has 0 aliphatic rings. The van der Waals surface area contributed by atoms with Gasteiger partial charge in [0.15, 0.2) is 0 Å². The Balaban J connectivity index is 1.18. The number of hydrogen-bond acceptors (Lipinski definition) is 3. The fraction of sp³-hybridized carbons (Fsp3) is 0.0769. The third-order valence-electron chi connectivity index (χ3n) is 11.7. The molecule has 4 heterocycles. The van der Waals surface area contributed by atoms with Gasteiger partial charge < -0.3 is 4.74 Å². The molecule has 0 fully saturated rings. The minimum Gasteiger partial charge on any atom is -0.457 e. The number of hydrogen-bond donors (Lipinski definition) is 0. The topological polar surface area (TPSA) is 44.3 Å². The van der Waals surface area contributed by atoms with Crippen LogP contribution in [0.4, 0.5) is 0 Å². The van der Waals surface area contributed by atoms with Crippen LogP contribution < -0.4 is 4.74 Å². The maximum atomic E-state index is 6.80. The molecule has 0 saturated heterocycles. The first-order valence-electron chi connectivity index (χ1n) is 19.5. The SMILES string of the molecule is Cc1cccc(C)c1-c1cc(-c2c(C)cccc2C)c2c3ccc(Oc4ccc5c6ccccc6n(-c6ccccn6)c5c4)cc3c3nc4ccccc4n3c2c1. The van der Waals surface area contributed by atoms with E-state index in [4.69, 9.17) is 14.7 Å². The first kappa shape index (κ1) is 33.1. The quantitative estimate of drug-likeness (QED) is 0.165. The number of rotatable bonds is 5. The fourth-order valence-corrected chi connectivity index (χ4v) is 9.26. The Morgan fingerprint density at radius 1 is 0.474 bits per heavy atom. The molecular formula is C52H38N4O. The third-order valence-corrected chi connectivity index (χ3v) is 11.7. The lowest BCUT2D eigenvalue weighted by atomic mass is 9.86. The van der Waals surface area contributed by atoms with Gasteiger partial charge in [0.25, 0.3) is 0 Å². The van der Waals surface area contributed by atoms with E-state index < -0.39 is 0 Å². The molecule has 0 spiro atoms. The van der Waals surface area contributed by atoms with Crippen LogP contribution in [-0.4, -0.2) is 18.9 Å². The molecule has 7 aromatic carbocycles. The molecule has 0 bridgehead atoms. The van der Waals surface area contributed by atoms with Crippen LogP contribution in [0, 0.1) is 27.7 Å². The van der Waals surface area contributed by atoms with Gasteiger partial charge in [-0.25, -0.2) is 9.97 Å². The number of nitrogens with zero attached hydrogens (tertiary/aromatic N) is 4. The smallest absolute Gasteiger partial charge is 0.146 e. The summed E-state index contributed by atoms with van der Waals surface area (Å²) in [6.45, 7) is 8.88. The van der Waals surface area contributed by atoms with Crippen LogP contribution in [0.2, 0.25) is 0 Å².